The first-order valence-electron chi connectivity index (χ1n) is 11.4. The van der Waals surface area contributed by atoms with Crippen LogP contribution in [0.1, 0.15) is 78.2 Å². The van der Waals surface area contributed by atoms with E-state index in [9.17, 15) is 4.79 Å². The van der Waals surface area contributed by atoms with Gasteiger partial charge in [0.15, 0.2) is 0 Å². The lowest BCUT2D eigenvalue weighted by Crippen LogP contribution is -2.41. The highest BCUT2D eigenvalue weighted by molar-refractivity contribution is 5.79. The van der Waals surface area contributed by atoms with Gasteiger partial charge in [0, 0.05) is 37.8 Å². The minimum absolute atomic E-state index is 0.168. The van der Waals surface area contributed by atoms with Crippen LogP contribution >= 0.6 is 0 Å². The van der Waals surface area contributed by atoms with Gasteiger partial charge >= 0.3 is 0 Å². The lowest BCUT2D eigenvalue weighted by molar-refractivity contribution is -0.125. The average molecular weight is 391 g/mol. The van der Waals surface area contributed by atoms with Crippen LogP contribution in [0.25, 0.3) is 0 Å². The summed E-state index contributed by atoms with van der Waals surface area (Å²) in [7, 11) is 0. The Morgan fingerprint density at radius 1 is 0.964 bits per heavy atom. The third-order valence-corrected chi connectivity index (χ3v) is 5.31. The summed E-state index contributed by atoms with van der Waals surface area (Å²) in [4.78, 5) is 12.3. The van der Waals surface area contributed by atoms with E-state index in [4.69, 9.17) is 4.74 Å². The summed E-state index contributed by atoms with van der Waals surface area (Å²) < 4.78 is 5.39. The van der Waals surface area contributed by atoms with Crippen LogP contribution in [-0.2, 0) is 16.1 Å². The van der Waals surface area contributed by atoms with Gasteiger partial charge in [0.1, 0.15) is 0 Å². The number of carbonyl (C=O) groups excluding carboxylic acids is 1. The Morgan fingerprint density at radius 2 is 1.61 bits per heavy atom. The average Bonchev–Trinajstić information content (AvgIpc) is 3.23. The van der Waals surface area contributed by atoms with Gasteiger partial charge in [-0.1, -0.05) is 70.9 Å². The molecule has 1 aromatic rings. The van der Waals surface area contributed by atoms with Crippen molar-refractivity contribution in [3.8, 4) is 0 Å². The number of nitrogens with one attached hydrogen (secondary N) is 2. The fraction of sp³-hybridized carbons (Fsp3) is 0.708. The highest BCUT2D eigenvalue weighted by Gasteiger charge is 2.31. The monoisotopic (exact) mass is 390 g/mol. The summed E-state index contributed by atoms with van der Waals surface area (Å²) in [6.07, 6.45) is 7.92. The molecule has 1 aliphatic heterocycles. The summed E-state index contributed by atoms with van der Waals surface area (Å²) in [5, 5.41) is 6.79. The first kappa shape index (κ1) is 24.6. The first-order valence-corrected chi connectivity index (χ1v) is 11.4. The zero-order valence-electron chi connectivity index (χ0n) is 18.5. The molecule has 1 aliphatic carbocycles. The summed E-state index contributed by atoms with van der Waals surface area (Å²) in [5.41, 5.74) is 1.16. The van der Waals surface area contributed by atoms with Crippen molar-refractivity contribution in [1.29, 1.82) is 0 Å². The highest BCUT2D eigenvalue weighted by Crippen LogP contribution is 2.27. The summed E-state index contributed by atoms with van der Waals surface area (Å²) in [5.74, 6) is 0.376. The van der Waals surface area contributed by atoms with Crippen molar-refractivity contribution in [3.63, 3.8) is 0 Å². The molecule has 2 N–H and O–H groups in total. The first-order chi connectivity index (χ1) is 13.7. The molecule has 0 bridgehead atoms. The molecule has 1 aromatic carbocycles. The van der Waals surface area contributed by atoms with E-state index in [1.165, 1.54) is 12.8 Å². The molecule has 1 saturated heterocycles. The Hall–Kier alpha value is -1.39. The second kappa shape index (κ2) is 15.5. The van der Waals surface area contributed by atoms with Crippen molar-refractivity contribution < 1.29 is 9.53 Å². The van der Waals surface area contributed by atoms with Gasteiger partial charge in [-0.2, -0.15) is 0 Å². The van der Waals surface area contributed by atoms with Gasteiger partial charge in [0.2, 0.25) is 5.91 Å². The second-order valence-corrected chi connectivity index (χ2v) is 7.46. The Bertz CT molecular complexity index is 499. The number of hydrogen-bond donors (Lipinski definition) is 2. The fourth-order valence-corrected chi connectivity index (χ4v) is 3.50. The number of hydrogen-bond acceptors (Lipinski definition) is 3. The maximum Gasteiger partial charge on any atom is 0.223 e. The molecular formula is C24H42N2O2. The molecule has 160 valence electrons. The van der Waals surface area contributed by atoms with Crippen LogP contribution in [0.2, 0.25) is 0 Å². The highest BCUT2D eigenvalue weighted by atomic mass is 16.5. The Morgan fingerprint density at radius 3 is 2.21 bits per heavy atom. The van der Waals surface area contributed by atoms with Gasteiger partial charge in [0.25, 0.3) is 0 Å². The molecule has 2 fully saturated rings. The summed E-state index contributed by atoms with van der Waals surface area (Å²) in [6, 6.07) is 11.2. The number of carbonyl (C=O) groups is 1. The topological polar surface area (TPSA) is 50.4 Å². The van der Waals surface area contributed by atoms with Crippen molar-refractivity contribution in [2.24, 2.45) is 5.92 Å². The van der Waals surface area contributed by atoms with Gasteiger partial charge < -0.3 is 15.4 Å². The lowest BCUT2D eigenvalue weighted by Gasteiger charge is -2.26. The molecule has 0 radical (unpaired) electrons. The SMILES string of the molecule is CC.CCCC.O=C(NCc1ccccc1)C1CC[C@@H](NC2CCOCC2)C1. The van der Waals surface area contributed by atoms with Gasteiger partial charge in [0.05, 0.1) is 0 Å². The van der Waals surface area contributed by atoms with Crippen LogP contribution in [0, 0.1) is 5.92 Å². The van der Waals surface area contributed by atoms with E-state index in [-0.39, 0.29) is 11.8 Å². The third-order valence-electron chi connectivity index (χ3n) is 5.31. The van der Waals surface area contributed by atoms with E-state index in [1.54, 1.807) is 0 Å². The molecule has 2 atom stereocenters. The molecule has 4 nitrogen and oxygen atoms in total. The van der Waals surface area contributed by atoms with E-state index in [1.807, 2.05) is 44.2 Å². The van der Waals surface area contributed by atoms with E-state index in [0.29, 0.717) is 18.6 Å². The summed E-state index contributed by atoms with van der Waals surface area (Å²) >= 11 is 0. The third kappa shape index (κ3) is 9.70. The lowest BCUT2D eigenvalue weighted by atomic mass is 10.1. The van der Waals surface area contributed by atoms with Crippen LogP contribution in [0.4, 0.5) is 0 Å². The van der Waals surface area contributed by atoms with Crippen molar-refractivity contribution >= 4 is 5.91 Å². The van der Waals surface area contributed by atoms with Gasteiger partial charge in [-0.15, -0.1) is 0 Å². The standard InChI is InChI=1S/C18H26N2O2.C4H10.C2H6/c21-18(19-13-14-4-2-1-3-5-14)15-6-7-17(12-15)20-16-8-10-22-11-9-16;1-3-4-2;1-2/h1-5,15-17,20H,6-13H2,(H,19,21);3-4H2,1-2H3;1-2H3/t15?,17-;;/m1../s1. The molecule has 3 rings (SSSR count). The zero-order valence-corrected chi connectivity index (χ0v) is 18.5. The van der Waals surface area contributed by atoms with Gasteiger partial charge in [-0.3, -0.25) is 4.79 Å². The van der Waals surface area contributed by atoms with Crippen molar-refractivity contribution in [3.05, 3.63) is 35.9 Å². The summed E-state index contributed by atoms with van der Waals surface area (Å²) in [6.45, 7) is 10.7. The molecule has 1 saturated carbocycles. The van der Waals surface area contributed by atoms with Crippen LogP contribution in [0.3, 0.4) is 0 Å². The molecule has 2 aliphatic rings. The van der Waals surface area contributed by atoms with Crippen LogP contribution in [-0.4, -0.2) is 31.2 Å². The van der Waals surface area contributed by atoms with Gasteiger partial charge in [-0.25, -0.2) is 0 Å². The van der Waals surface area contributed by atoms with Gasteiger partial charge in [-0.05, 0) is 37.7 Å². The Balaban J connectivity index is 0.000000583. The van der Waals surface area contributed by atoms with Crippen molar-refractivity contribution in [1.82, 2.24) is 10.6 Å². The molecule has 0 aromatic heterocycles. The normalized spacial score (nSPS) is 21.7. The van der Waals surface area contributed by atoms with E-state index in [0.717, 1.165) is 50.9 Å². The second-order valence-electron chi connectivity index (χ2n) is 7.46. The van der Waals surface area contributed by atoms with E-state index in [2.05, 4.69) is 24.5 Å². The molecule has 28 heavy (non-hydrogen) atoms. The van der Waals surface area contributed by atoms with Crippen LogP contribution in [0.15, 0.2) is 30.3 Å². The quantitative estimate of drug-likeness (QED) is 0.713. The zero-order chi connectivity index (χ0) is 20.6. The van der Waals surface area contributed by atoms with E-state index < -0.39 is 0 Å². The smallest absolute Gasteiger partial charge is 0.223 e. The molecular weight excluding hydrogens is 348 g/mol. The van der Waals surface area contributed by atoms with Crippen LogP contribution < -0.4 is 10.6 Å². The largest absolute Gasteiger partial charge is 0.381 e. The molecule has 4 heteroatoms. The Labute approximate surface area is 172 Å². The van der Waals surface area contributed by atoms with Crippen molar-refractivity contribution in [2.75, 3.05) is 13.2 Å². The fourth-order valence-electron chi connectivity index (χ4n) is 3.50. The number of ether oxygens (including phenoxy) is 1. The number of rotatable bonds is 6. The molecule has 1 amide bonds. The van der Waals surface area contributed by atoms with E-state index >= 15 is 0 Å². The minimum atomic E-state index is 0.168. The molecule has 0 spiro atoms. The Kier molecular flexibility index (Phi) is 13.7. The van der Waals surface area contributed by atoms with Crippen LogP contribution in [0.5, 0.6) is 0 Å². The number of unbranched alkanes of at least 4 members (excludes halogenated alkanes) is 1. The predicted molar refractivity (Wildman–Crippen MR) is 118 cm³/mol. The minimum Gasteiger partial charge on any atom is -0.381 e. The number of amides is 1. The predicted octanol–water partition coefficient (Wildman–Crippen LogP) is 5.07. The maximum atomic E-state index is 12.3. The van der Waals surface area contributed by atoms with Crippen molar-refractivity contribution in [2.45, 2.75) is 91.3 Å². The number of benzene rings is 1. The molecule has 1 unspecified atom stereocenters. The maximum absolute atomic E-state index is 12.3. The molecule has 1 heterocycles.